The summed E-state index contributed by atoms with van der Waals surface area (Å²) in [5.41, 5.74) is 4.54. The zero-order valence-corrected chi connectivity index (χ0v) is 16.9. The average molecular weight is 390 g/mol. The first kappa shape index (κ1) is 18.2. The molecule has 0 radical (unpaired) electrons. The molecule has 4 heterocycles. The molecule has 1 atom stereocenters. The fourth-order valence-electron chi connectivity index (χ4n) is 4.39. The minimum absolute atomic E-state index is 0.133. The molecule has 7 nitrogen and oxygen atoms in total. The summed E-state index contributed by atoms with van der Waals surface area (Å²) >= 11 is 0. The van der Waals surface area contributed by atoms with E-state index < -0.39 is 0 Å². The largest absolute Gasteiger partial charge is 0.488 e. The Morgan fingerprint density at radius 2 is 2.00 bits per heavy atom. The number of nitrogens with zero attached hydrogens (tertiary/aromatic N) is 5. The van der Waals surface area contributed by atoms with Gasteiger partial charge in [-0.2, -0.15) is 15.5 Å². The molecule has 5 rings (SSSR count). The van der Waals surface area contributed by atoms with E-state index >= 15 is 0 Å². The molecule has 0 bridgehead atoms. The van der Waals surface area contributed by atoms with Crippen LogP contribution in [-0.2, 0) is 0 Å². The maximum atomic E-state index is 9.51. The van der Waals surface area contributed by atoms with Crippen LogP contribution in [0.15, 0.2) is 24.7 Å². The molecule has 2 aliphatic rings. The summed E-state index contributed by atoms with van der Waals surface area (Å²) in [5.74, 6) is 1.33. The van der Waals surface area contributed by atoms with Gasteiger partial charge in [0.05, 0.1) is 24.5 Å². The van der Waals surface area contributed by atoms with Crippen molar-refractivity contribution in [1.29, 1.82) is 5.26 Å². The van der Waals surface area contributed by atoms with Crippen LogP contribution in [0.1, 0.15) is 49.9 Å². The van der Waals surface area contributed by atoms with Crippen LogP contribution in [-0.4, -0.2) is 38.6 Å². The highest BCUT2D eigenvalue weighted by atomic mass is 16.5. The topological polar surface area (TPSA) is 80.2 Å². The fourth-order valence-corrected chi connectivity index (χ4v) is 4.39. The molecule has 3 aromatic heterocycles. The first-order valence-electron chi connectivity index (χ1n) is 10.5. The van der Waals surface area contributed by atoms with Crippen molar-refractivity contribution in [3.63, 3.8) is 0 Å². The van der Waals surface area contributed by atoms with Crippen LogP contribution in [0, 0.1) is 24.2 Å². The van der Waals surface area contributed by atoms with Crippen LogP contribution in [0.25, 0.3) is 16.6 Å². The zero-order chi connectivity index (χ0) is 20.0. The van der Waals surface area contributed by atoms with Gasteiger partial charge in [0.15, 0.2) is 0 Å². The van der Waals surface area contributed by atoms with E-state index in [4.69, 9.17) is 9.84 Å². The molecule has 0 amide bonds. The Balaban J connectivity index is 1.57. The first-order valence-corrected chi connectivity index (χ1v) is 10.5. The first-order chi connectivity index (χ1) is 14.2. The number of aromatic nitrogens is 4. The highest BCUT2D eigenvalue weighted by molar-refractivity contribution is 5.76. The summed E-state index contributed by atoms with van der Waals surface area (Å²) in [6.07, 6.45) is 10.3. The summed E-state index contributed by atoms with van der Waals surface area (Å²) in [6, 6.07) is 4.73. The molecule has 0 unspecified atom stereocenters. The van der Waals surface area contributed by atoms with Crippen LogP contribution in [0.2, 0.25) is 0 Å². The Morgan fingerprint density at radius 1 is 1.21 bits per heavy atom. The molecule has 1 saturated heterocycles. The Labute approximate surface area is 170 Å². The number of hydrogen-bond donors (Lipinski definition) is 1. The Morgan fingerprint density at radius 3 is 2.72 bits per heavy atom. The molecule has 1 N–H and O–H groups in total. The molecule has 7 heteroatoms. The van der Waals surface area contributed by atoms with Crippen molar-refractivity contribution in [2.45, 2.75) is 51.7 Å². The van der Waals surface area contributed by atoms with Gasteiger partial charge in [0.1, 0.15) is 22.9 Å². The van der Waals surface area contributed by atoms with Gasteiger partial charge in [0, 0.05) is 23.0 Å². The SMILES string of the molecule is Cc1c(-c2cc(O[C@H](C)C3CC3)c3c(C#N)cnn3c2)cnn1C1CCNCC1. The smallest absolute Gasteiger partial charge is 0.147 e. The monoisotopic (exact) mass is 390 g/mol. The van der Waals surface area contributed by atoms with Gasteiger partial charge in [-0.3, -0.25) is 4.68 Å². The van der Waals surface area contributed by atoms with Crippen LogP contribution < -0.4 is 10.1 Å². The predicted octanol–water partition coefficient (Wildman–Crippen LogP) is 3.48. The van der Waals surface area contributed by atoms with Crippen molar-refractivity contribution in [2.24, 2.45) is 5.92 Å². The molecule has 150 valence electrons. The molecule has 1 aliphatic heterocycles. The Hall–Kier alpha value is -2.85. The van der Waals surface area contributed by atoms with Gasteiger partial charge >= 0.3 is 0 Å². The van der Waals surface area contributed by atoms with E-state index in [1.165, 1.54) is 12.8 Å². The summed E-state index contributed by atoms with van der Waals surface area (Å²) in [4.78, 5) is 0. The van der Waals surface area contributed by atoms with E-state index in [1.54, 1.807) is 10.7 Å². The molecule has 0 spiro atoms. The van der Waals surface area contributed by atoms with Crippen molar-refractivity contribution in [2.75, 3.05) is 13.1 Å². The molecular weight excluding hydrogens is 364 g/mol. The molecule has 0 aromatic carbocycles. The lowest BCUT2D eigenvalue weighted by molar-refractivity contribution is 0.200. The van der Waals surface area contributed by atoms with E-state index in [2.05, 4.69) is 35.0 Å². The van der Waals surface area contributed by atoms with Gasteiger partial charge in [-0.05, 0) is 64.6 Å². The molecule has 29 heavy (non-hydrogen) atoms. The lowest BCUT2D eigenvalue weighted by atomic mass is 10.0. The average Bonchev–Trinajstić information content (AvgIpc) is 3.40. The summed E-state index contributed by atoms with van der Waals surface area (Å²) in [7, 11) is 0. The molecule has 3 aromatic rings. The van der Waals surface area contributed by atoms with Crippen molar-refractivity contribution in [3.8, 4) is 22.9 Å². The quantitative estimate of drug-likeness (QED) is 0.721. The number of nitriles is 1. The maximum Gasteiger partial charge on any atom is 0.147 e. The van der Waals surface area contributed by atoms with Crippen molar-refractivity contribution >= 4 is 5.52 Å². The summed E-state index contributed by atoms with van der Waals surface area (Å²) in [5, 5.41) is 22.0. The number of rotatable bonds is 5. The van der Waals surface area contributed by atoms with Gasteiger partial charge in [-0.15, -0.1) is 0 Å². The van der Waals surface area contributed by atoms with Gasteiger partial charge in [-0.25, -0.2) is 4.52 Å². The third-order valence-electron chi connectivity index (χ3n) is 6.31. The third kappa shape index (κ3) is 3.28. The number of pyridine rings is 1. The van der Waals surface area contributed by atoms with Crippen LogP contribution >= 0.6 is 0 Å². The lowest BCUT2D eigenvalue weighted by Crippen LogP contribution is -2.30. The normalized spacial score (nSPS) is 18.7. The van der Waals surface area contributed by atoms with E-state index in [-0.39, 0.29) is 6.10 Å². The predicted molar refractivity (Wildman–Crippen MR) is 110 cm³/mol. The molecule has 1 aliphatic carbocycles. The second-order valence-electron chi connectivity index (χ2n) is 8.29. The third-order valence-corrected chi connectivity index (χ3v) is 6.31. The van der Waals surface area contributed by atoms with Crippen LogP contribution in [0.4, 0.5) is 0 Å². The number of fused-ring (bicyclic) bond motifs is 1. The number of hydrogen-bond acceptors (Lipinski definition) is 5. The lowest BCUT2D eigenvalue weighted by Gasteiger charge is -2.24. The number of piperidine rings is 1. The highest BCUT2D eigenvalue weighted by Crippen LogP contribution is 2.38. The minimum Gasteiger partial charge on any atom is -0.488 e. The van der Waals surface area contributed by atoms with Gasteiger partial charge < -0.3 is 10.1 Å². The van der Waals surface area contributed by atoms with E-state index in [9.17, 15) is 5.26 Å². The van der Waals surface area contributed by atoms with E-state index in [0.717, 1.165) is 54.0 Å². The van der Waals surface area contributed by atoms with Gasteiger partial charge in [0.25, 0.3) is 0 Å². The second kappa shape index (κ2) is 7.20. The van der Waals surface area contributed by atoms with Crippen molar-refractivity contribution < 1.29 is 4.74 Å². The maximum absolute atomic E-state index is 9.51. The molecule has 1 saturated carbocycles. The Kier molecular flexibility index (Phi) is 4.51. The second-order valence-corrected chi connectivity index (χ2v) is 8.29. The van der Waals surface area contributed by atoms with E-state index in [0.29, 0.717) is 17.5 Å². The van der Waals surface area contributed by atoms with Gasteiger partial charge in [-0.1, -0.05) is 0 Å². The van der Waals surface area contributed by atoms with Crippen LogP contribution in [0.3, 0.4) is 0 Å². The number of ether oxygens (including phenoxy) is 1. The van der Waals surface area contributed by atoms with Crippen molar-refractivity contribution in [1.82, 2.24) is 24.7 Å². The fraction of sp³-hybridized carbons (Fsp3) is 0.500. The molecule has 2 fully saturated rings. The van der Waals surface area contributed by atoms with Crippen molar-refractivity contribution in [3.05, 3.63) is 35.9 Å². The summed E-state index contributed by atoms with van der Waals surface area (Å²) < 4.78 is 10.3. The number of nitrogens with one attached hydrogen (secondary N) is 1. The summed E-state index contributed by atoms with van der Waals surface area (Å²) in [6.45, 7) is 6.31. The van der Waals surface area contributed by atoms with E-state index in [1.807, 2.05) is 18.5 Å². The standard InChI is InChI=1S/C22H26N6O/c1-14-20(12-26-28(14)19-5-7-24-8-6-19)17-9-21(29-15(2)16-3-4-16)22-18(10-23)11-25-27(22)13-17/h9,11-13,15-16,19,24H,3-8H2,1-2H3/t15-/m1/s1. The zero-order valence-electron chi connectivity index (χ0n) is 16.9. The molecular formula is C22H26N6O. The minimum atomic E-state index is 0.133. The highest BCUT2D eigenvalue weighted by Gasteiger charge is 2.30. The van der Waals surface area contributed by atoms with Gasteiger partial charge in [0.2, 0.25) is 0 Å². The van der Waals surface area contributed by atoms with Crippen LogP contribution in [0.5, 0.6) is 5.75 Å². The Bertz CT molecular complexity index is 1080.